The number of methoxy groups -OCH3 is 1. The Balaban J connectivity index is 2.67. The Hall–Kier alpha value is -1.00. The molecular formula is C12H15BrN2O. The molecule has 4 heteroatoms. The first kappa shape index (κ1) is 11.5. The molecule has 0 unspecified atom stereocenters. The Labute approximate surface area is 103 Å². The molecule has 0 saturated heterocycles. The zero-order valence-electron chi connectivity index (χ0n) is 9.46. The number of hydrogen-bond acceptors (Lipinski definition) is 2. The SMILES string of the molecule is COc1cc2c(CCN)cn(C)c2cc1Br. The molecule has 0 saturated carbocycles. The third kappa shape index (κ3) is 1.83. The maximum absolute atomic E-state index is 5.61. The Kier molecular flexibility index (Phi) is 3.21. The van der Waals surface area contributed by atoms with Crippen LogP contribution in [0.1, 0.15) is 5.56 Å². The van der Waals surface area contributed by atoms with Crippen molar-refractivity contribution in [2.24, 2.45) is 12.8 Å². The van der Waals surface area contributed by atoms with E-state index in [1.54, 1.807) is 7.11 Å². The zero-order valence-corrected chi connectivity index (χ0v) is 11.0. The lowest BCUT2D eigenvalue weighted by Gasteiger charge is -2.05. The quantitative estimate of drug-likeness (QED) is 0.940. The van der Waals surface area contributed by atoms with Crippen LogP contribution in [0.2, 0.25) is 0 Å². The maximum Gasteiger partial charge on any atom is 0.133 e. The molecule has 2 rings (SSSR count). The molecule has 3 nitrogen and oxygen atoms in total. The summed E-state index contributed by atoms with van der Waals surface area (Å²) in [7, 11) is 3.72. The number of nitrogens with zero attached hydrogens (tertiary/aromatic N) is 1. The van der Waals surface area contributed by atoms with Crippen molar-refractivity contribution >= 4 is 26.8 Å². The number of fused-ring (bicyclic) bond motifs is 1. The first-order chi connectivity index (χ1) is 7.67. The van der Waals surface area contributed by atoms with Crippen LogP contribution < -0.4 is 10.5 Å². The van der Waals surface area contributed by atoms with Crippen LogP contribution in [0, 0.1) is 0 Å². The van der Waals surface area contributed by atoms with Crippen molar-refractivity contribution in [3.05, 3.63) is 28.4 Å². The lowest BCUT2D eigenvalue weighted by Crippen LogP contribution is -2.01. The minimum absolute atomic E-state index is 0.664. The number of halogens is 1. The summed E-state index contributed by atoms with van der Waals surface area (Å²) in [5.41, 5.74) is 8.07. The normalized spacial score (nSPS) is 11.0. The summed E-state index contributed by atoms with van der Waals surface area (Å²) in [5.74, 6) is 0.858. The number of nitrogens with two attached hydrogens (primary N) is 1. The molecule has 1 heterocycles. The predicted molar refractivity (Wildman–Crippen MR) is 69.9 cm³/mol. The van der Waals surface area contributed by atoms with Crippen molar-refractivity contribution in [3.8, 4) is 5.75 Å². The molecule has 1 aromatic heterocycles. The van der Waals surface area contributed by atoms with Crippen LogP contribution in [-0.4, -0.2) is 18.2 Å². The Morgan fingerprint density at radius 1 is 1.44 bits per heavy atom. The molecule has 2 aromatic rings. The van der Waals surface area contributed by atoms with Gasteiger partial charge in [-0.15, -0.1) is 0 Å². The fourth-order valence-electron chi connectivity index (χ4n) is 1.98. The molecule has 0 atom stereocenters. The lowest BCUT2D eigenvalue weighted by atomic mass is 10.1. The van der Waals surface area contributed by atoms with E-state index < -0.39 is 0 Å². The Morgan fingerprint density at radius 2 is 2.19 bits per heavy atom. The van der Waals surface area contributed by atoms with Crippen LogP contribution in [0.25, 0.3) is 10.9 Å². The summed E-state index contributed by atoms with van der Waals surface area (Å²) in [6.07, 6.45) is 3.02. The number of hydrogen-bond donors (Lipinski definition) is 1. The van der Waals surface area contributed by atoms with E-state index in [0.717, 1.165) is 16.6 Å². The van der Waals surface area contributed by atoms with Gasteiger partial charge in [-0.25, -0.2) is 0 Å². The lowest BCUT2D eigenvalue weighted by molar-refractivity contribution is 0.413. The molecule has 0 aliphatic rings. The number of aryl methyl sites for hydroxylation is 1. The van der Waals surface area contributed by atoms with Crippen molar-refractivity contribution in [1.29, 1.82) is 0 Å². The number of ether oxygens (including phenoxy) is 1. The van der Waals surface area contributed by atoms with Crippen LogP contribution in [0.15, 0.2) is 22.8 Å². The highest BCUT2D eigenvalue weighted by Crippen LogP contribution is 2.32. The molecule has 0 aliphatic heterocycles. The molecule has 0 fully saturated rings. The first-order valence-corrected chi connectivity index (χ1v) is 5.98. The average molecular weight is 283 g/mol. The second-order valence-corrected chi connectivity index (χ2v) is 4.66. The van der Waals surface area contributed by atoms with E-state index in [-0.39, 0.29) is 0 Å². The summed E-state index contributed by atoms with van der Waals surface area (Å²) < 4.78 is 8.40. The second-order valence-electron chi connectivity index (χ2n) is 3.81. The monoisotopic (exact) mass is 282 g/mol. The molecule has 1 aromatic carbocycles. The van der Waals surface area contributed by atoms with Crippen LogP contribution in [0.3, 0.4) is 0 Å². The summed E-state index contributed by atoms with van der Waals surface area (Å²) in [4.78, 5) is 0. The fourth-order valence-corrected chi connectivity index (χ4v) is 2.47. The van der Waals surface area contributed by atoms with Crippen molar-refractivity contribution < 1.29 is 4.74 Å². The molecule has 0 radical (unpaired) electrons. The molecule has 16 heavy (non-hydrogen) atoms. The van der Waals surface area contributed by atoms with Crippen molar-refractivity contribution in [1.82, 2.24) is 4.57 Å². The minimum Gasteiger partial charge on any atom is -0.496 e. The summed E-state index contributed by atoms with van der Waals surface area (Å²) in [6, 6.07) is 4.14. The van der Waals surface area contributed by atoms with Gasteiger partial charge in [-0.05, 0) is 46.6 Å². The highest BCUT2D eigenvalue weighted by Gasteiger charge is 2.10. The van der Waals surface area contributed by atoms with E-state index in [1.165, 1.54) is 16.5 Å². The Bertz CT molecular complexity index is 519. The largest absolute Gasteiger partial charge is 0.496 e. The van der Waals surface area contributed by atoms with Gasteiger partial charge >= 0.3 is 0 Å². The van der Waals surface area contributed by atoms with E-state index in [9.17, 15) is 0 Å². The van der Waals surface area contributed by atoms with E-state index in [1.807, 2.05) is 7.05 Å². The molecule has 0 aliphatic carbocycles. The van der Waals surface area contributed by atoms with Gasteiger partial charge in [0.05, 0.1) is 11.6 Å². The summed E-state index contributed by atoms with van der Waals surface area (Å²) in [5, 5.41) is 1.22. The zero-order chi connectivity index (χ0) is 11.7. The van der Waals surface area contributed by atoms with Gasteiger partial charge in [0.1, 0.15) is 5.75 Å². The molecule has 0 bridgehead atoms. The highest BCUT2D eigenvalue weighted by atomic mass is 79.9. The maximum atomic E-state index is 5.61. The average Bonchev–Trinajstić information content (AvgIpc) is 2.55. The van der Waals surface area contributed by atoms with Crippen molar-refractivity contribution in [3.63, 3.8) is 0 Å². The van der Waals surface area contributed by atoms with E-state index >= 15 is 0 Å². The van der Waals surface area contributed by atoms with Gasteiger partial charge in [0, 0.05) is 24.1 Å². The van der Waals surface area contributed by atoms with Gasteiger partial charge in [0.25, 0.3) is 0 Å². The van der Waals surface area contributed by atoms with Gasteiger partial charge in [-0.1, -0.05) is 0 Å². The summed E-state index contributed by atoms with van der Waals surface area (Å²) in [6.45, 7) is 0.664. The van der Waals surface area contributed by atoms with Gasteiger partial charge < -0.3 is 15.0 Å². The van der Waals surface area contributed by atoms with Gasteiger partial charge in [-0.2, -0.15) is 0 Å². The molecule has 0 spiro atoms. The van der Waals surface area contributed by atoms with E-state index in [4.69, 9.17) is 10.5 Å². The number of benzene rings is 1. The highest BCUT2D eigenvalue weighted by molar-refractivity contribution is 9.10. The van der Waals surface area contributed by atoms with Crippen LogP contribution in [-0.2, 0) is 13.5 Å². The van der Waals surface area contributed by atoms with E-state index in [0.29, 0.717) is 6.54 Å². The van der Waals surface area contributed by atoms with Crippen LogP contribution in [0.5, 0.6) is 5.75 Å². The molecular weight excluding hydrogens is 268 g/mol. The molecule has 0 amide bonds. The summed E-state index contributed by atoms with van der Waals surface area (Å²) >= 11 is 3.50. The van der Waals surface area contributed by atoms with Gasteiger partial charge in [0.2, 0.25) is 0 Å². The third-order valence-corrected chi connectivity index (χ3v) is 3.38. The topological polar surface area (TPSA) is 40.2 Å². The standard InChI is InChI=1S/C12H15BrN2O/c1-15-7-8(3-4-14)9-5-12(16-2)10(13)6-11(9)15/h5-7H,3-4,14H2,1-2H3. The van der Waals surface area contributed by atoms with Crippen molar-refractivity contribution in [2.45, 2.75) is 6.42 Å². The molecule has 2 N–H and O–H groups in total. The third-order valence-electron chi connectivity index (χ3n) is 2.76. The number of aromatic nitrogens is 1. The minimum atomic E-state index is 0.664. The second kappa shape index (κ2) is 4.47. The van der Waals surface area contributed by atoms with E-state index in [2.05, 4.69) is 38.8 Å². The Morgan fingerprint density at radius 3 is 2.81 bits per heavy atom. The smallest absolute Gasteiger partial charge is 0.133 e. The van der Waals surface area contributed by atoms with Gasteiger partial charge in [-0.3, -0.25) is 0 Å². The fraction of sp³-hybridized carbons (Fsp3) is 0.333. The first-order valence-electron chi connectivity index (χ1n) is 5.19. The van der Waals surface area contributed by atoms with Crippen LogP contribution in [0.4, 0.5) is 0 Å². The van der Waals surface area contributed by atoms with Crippen molar-refractivity contribution in [2.75, 3.05) is 13.7 Å². The van der Waals surface area contributed by atoms with Gasteiger partial charge in [0.15, 0.2) is 0 Å². The number of rotatable bonds is 3. The predicted octanol–water partition coefficient (Wildman–Crippen LogP) is 2.45. The molecule has 86 valence electrons. The van der Waals surface area contributed by atoms with Crippen LogP contribution >= 0.6 is 15.9 Å².